The van der Waals surface area contributed by atoms with E-state index in [9.17, 15) is 8.42 Å². The van der Waals surface area contributed by atoms with Crippen LogP contribution in [-0.2, 0) is 14.4 Å². The van der Waals surface area contributed by atoms with Crippen molar-refractivity contribution in [2.75, 3.05) is 0 Å². The van der Waals surface area contributed by atoms with Crippen LogP contribution in [0.1, 0.15) is 11.1 Å². The van der Waals surface area contributed by atoms with Crippen molar-refractivity contribution in [2.24, 2.45) is 5.16 Å². The Bertz CT molecular complexity index is 836. The van der Waals surface area contributed by atoms with Crippen LogP contribution in [0.15, 0.2) is 58.6 Å². The first-order valence-corrected chi connectivity index (χ1v) is 7.95. The number of aryl methyl sites for hydroxylation is 1. The molecule has 0 radical (unpaired) electrons. The Kier molecular flexibility index (Phi) is 4.81. The summed E-state index contributed by atoms with van der Waals surface area (Å²) in [6.07, 6.45) is 0. The number of benzene rings is 2. The van der Waals surface area contributed by atoms with E-state index >= 15 is 0 Å². The Balaban J connectivity index is 2.26. The molecule has 7 heteroatoms. The van der Waals surface area contributed by atoms with E-state index in [0.29, 0.717) is 10.6 Å². The second-order valence-corrected chi connectivity index (χ2v) is 6.37. The fraction of sp³-hybridized carbons (Fsp3) is 0.0667. The molecule has 0 spiro atoms. The summed E-state index contributed by atoms with van der Waals surface area (Å²) < 4.78 is 28.6. The van der Waals surface area contributed by atoms with E-state index in [1.54, 1.807) is 42.5 Å². The molecule has 0 aromatic heterocycles. The van der Waals surface area contributed by atoms with Crippen LogP contribution in [-0.4, -0.2) is 14.1 Å². The van der Waals surface area contributed by atoms with Crippen LogP contribution in [0, 0.1) is 18.3 Å². The van der Waals surface area contributed by atoms with Crippen LogP contribution in [0.2, 0.25) is 5.02 Å². The molecule has 0 aliphatic rings. The summed E-state index contributed by atoms with van der Waals surface area (Å²) in [4.78, 5) is -0.0322. The van der Waals surface area contributed by atoms with Gasteiger partial charge >= 0.3 is 10.1 Å². The lowest BCUT2D eigenvalue weighted by Crippen LogP contribution is -2.06. The van der Waals surface area contributed by atoms with Gasteiger partial charge in [-0.05, 0) is 31.2 Å². The maximum Gasteiger partial charge on any atom is 0.358 e. The predicted molar refractivity (Wildman–Crippen MR) is 83.1 cm³/mol. The van der Waals surface area contributed by atoms with Crippen LogP contribution < -0.4 is 0 Å². The first kappa shape index (κ1) is 16.0. The Morgan fingerprint density at radius 1 is 1.14 bits per heavy atom. The van der Waals surface area contributed by atoms with Crippen molar-refractivity contribution in [3.8, 4) is 6.07 Å². The van der Waals surface area contributed by atoms with Gasteiger partial charge in [-0.25, -0.2) is 0 Å². The second kappa shape index (κ2) is 6.60. The fourth-order valence-corrected chi connectivity index (χ4v) is 2.43. The SMILES string of the molecule is Cc1ccc(S(=O)(=O)O/N=C(\C#N)c2ccc(Cl)cc2)cc1. The summed E-state index contributed by atoms with van der Waals surface area (Å²) in [6.45, 7) is 1.84. The van der Waals surface area contributed by atoms with E-state index in [-0.39, 0.29) is 10.6 Å². The van der Waals surface area contributed by atoms with Gasteiger partial charge in [0.25, 0.3) is 0 Å². The highest BCUT2D eigenvalue weighted by molar-refractivity contribution is 7.86. The molecule has 2 aromatic rings. The van der Waals surface area contributed by atoms with Crippen molar-refractivity contribution in [2.45, 2.75) is 11.8 Å². The molecule has 0 fully saturated rings. The fourth-order valence-electron chi connectivity index (χ4n) is 1.58. The topological polar surface area (TPSA) is 79.5 Å². The summed E-state index contributed by atoms with van der Waals surface area (Å²) >= 11 is 5.75. The number of halogens is 1. The molecule has 0 heterocycles. The van der Waals surface area contributed by atoms with E-state index < -0.39 is 10.1 Å². The van der Waals surface area contributed by atoms with Crippen molar-refractivity contribution in [3.63, 3.8) is 0 Å². The summed E-state index contributed by atoms with van der Waals surface area (Å²) in [6, 6.07) is 14.1. The van der Waals surface area contributed by atoms with Gasteiger partial charge in [-0.2, -0.15) is 13.7 Å². The zero-order valence-electron chi connectivity index (χ0n) is 11.5. The first-order chi connectivity index (χ1) is 10.4. The van der Waals surface area contributed by atoms with Crippen molar-refractivity contribution in [3.05, 3.63) is 64.7 Å². The van der Waals surface area contributed by atoms with E-state index in [1.165, 1.54) is 12.1 Å². The molecule has 22 heavy (non-hydrogen) atoms. The summed E-state index contributed by atoms with van der Waals surface area (Å²) in [5.41, 5.74) is 1.17. The molecule has 0 amide bonds. The van der Waals surface area contributed by atoms with Gasteiger partial charge in [0.2, 0.25) is 0 Å². The van der Waals surface area contributed by atoms with Crippen molar-refractivity contribution >= 4 is 27.4 Å². The minimum atomic E-state index is -4.06. The zero-order chi connectivity index (χ0) is 16.2. The van der Waals surface area contributed by atoms with Gasteiger partial charge in [-0.15, -0.1) is 0 Å². The van der Waals surface area contributed by atoms with Crippen molar-refractivity contribution < 1.29 is 12.7 Å². The summed E-state index contributed by atoms with van der Waals surface area (Å²) in [5, 5.41) is 13.0. The number of rotatable bonds is 4. The number of oxime groups is 1. The molecule has 0 saturated carbocycles. The highest BCUT2D eigenvalue weighted by atomic mass is 35.5. The molecule has 5 nitrogen and oxygen atoms in total. The molecule has 0 bridgehead atoms. The standard InChI is InChI=1S/C15H11ClN2O3S/c1-11-2-8-14(9-3-11)22(19,20)21-18-15(10-17)12-4-6-13(16)7-5-12/h2-9H,1H3/b18-15+. The van der Waals surface area contributed by atoms with Gasteiger partial charge in [-0.3, -0.25) is 4.28 Å². The van der Waals surface area contributed by atoms with Gasteiger partial charge in [-0.1, -0.05) is 46.6 Å². The summed E-state index contributed by atoms with van der Waals surface area (Å²) in [7, 11) is -4.06. The third-order valence-electron chi connectivity index (χ3n) is 2.76. The third kappa shape index (κ3) is 3.85. The van der Waals surface area contributed by atoms with E-state index in [4.69, 9.17) is 16.9 Å². The van der Waals surface area contributed by atoms with E-state index in [2.05, 4.69) is 9.44 Å². The molecule has 0 N–H and O–H groups in total. The average molecular weight is 335 g/mol. The first-order valence-electron chi connectivity index (χ1n) is 6.17. The minimum Gasteiger partial charge on any atom is -0.263 e. The second-order valence-electron chi connectivity index (χ2n) is 4.40. The van der Waals surface area contributed by atoms with Crippen LogP contribution in [0.3, 0.4) is 0 Å². The Morgan fingerprint density at radius 2 is 1.73 bits per heavy atom. The highest BCUT2D eigenvalue weighted by Gasteiger charge is 2.16. The lowest BCUT2D eigenvalue weighted by Gasteiger charge is -2.03. The largest absolute Gasteiger partial charge is 0.358 e. The van der Waals surface area contributed by atoms with Gasteiger partial charge < -0.3 is 0 Å². The maximum atomic E-state index is 12.0. The molecular weight excluding hydrogens is 324 g/mol. The number of nitrogens with zero attached hydrogens (tertiary/aromatic N) is 2. The molecule has 2 rings (SSSR count). The molecule has 112 valence electrons. The van der Waals surface area contributed by atoms with E-state index in [0.717, 1.165) is 5.56 Å². The number of hydrogen-bond donors (Lipinski definition) is 0. The maximum absolute atomic E-state index is 12.0. The monoisotopic (exact) mass is 334 g/mol. The molecular formula is C15H11ClN2O3S. The molecule has 0 saturated heterocycles. The molecule has 0 aliphatic carbocycles. The number of nitriles is 1. The van der Waals surface area contributed by atoms with Crippen molar-refractivity contribution in [1.29, 1.82) is 5.26 Å². The minimum absolute atomic E-state index is 0.0322. The normalized spacial score (nSPS) is 11.8. The summed E-state index contributed by atoms with van der Waals surface area (Å²) in [5.74, 6) is 0. The van der Waals surface area contributed by atoms with Crippen LogP contribution in [0.25, 0.3) is 0 Å². The van der Waals surface area contributed by atoms with Gasteiger partial charge in [0.05, 0.1) is 0 Å². The van der Waals surface area contributed by atoms with Gasteiger partial charge in [0, 0.05) is 10.6 Å². The van der Waals surface area contributed by atoms with Crippen molar-refractivity contribution in [1.82, 2.24) is 0 Å². The van der Waals surface area contributed by atoms with Crippen LogP contribution in [0.4, 0.5) is 0 Å². The molecule has 0 unspecified atom stereocenters. The van der Waals surface area contributed by atoms with Crippen LogP contribution in [0.5, 0.6) is 0 Å². The molecule has 2 aromatic carbocycles. The van der Waals surface area contributed by atoms with Gasteiger partial charge in [0.1, 0.15) is 11.0 Å². The predicted octanol–water partition coefficient (Wildman–Crippen LogP) is 3.28. The van der Waals surface area contributed by atoms with Crippen LogP contribution >= 0.6 is 11.6 Å². The Labute approximate surface area is 133 Å². The smallest absolute Gasteiger partial charge is 0.263 e. The lowest BCUT2D eigenvalue weighted by atomic mass is 10.1. The Morgan fingerprint density at radius 3 is 2.27 bits per heavy atom. The highest BCUT2D eigenvalue weighted by Crippen LogP contribution is 2.15. The quantitative estimate of drug-likeness (QED) is 0.634. The third-order valence-corrected chi connectivity index (χ3v) is 4.13. The van der Waals surface area contributed by atoms with Gasteiger partial charge in [0.15, 0.2) is 5.71 Å². The zero-order valence-corrected chi connectivity index (χ0v) is 13.1. The molecule has 0 aliphatic heterocycles. The Hall–Kier alpha value is -2.36. The molecule has 0 atom stereocenters. The number of hydrogen-bond acceptors (Lipinski definition) is 5. The average Bonchev–Trinajstić information content (AvgIpc) is 2.50. The lowest BCUT2D eigenvalue weighted by molar-refractivity contribution is 0.339. The van der Waals surface area contributed by atoms with E-state index in [1.807, 2.05) is 6.92 Å².